The van der Waals surface area contributed by atoms with E-state index in [1.165, 1.54) is 24.4 Å². The highest BCUT2D eigenvalue weighted by Crippen LogP contribution is 2.29. The first-order valence-corrected chi connectivity index (χ1v) is 5.78. The standard InChI is InChI=1S/C14H11F3N2O/c15-14(16,17)10-5-3-9(4-6-10)8-12-11(13(18)20)2-1-7-19-12/h1-7H,8H2,(H2,18,20). The van der Waals surface area contributed by atoms with Crippen LogP contribution >= 0.6 is 0 Å². The Labute approximate surface area is 113 Å². The molecule has 0 aliphatic rings. The number of rotatable bonds is 3. The highest BCUT2D eigenvalue weighted by Gasteiger charge is 2.29. The third kappa shape index (κ3) is 3.14. The zero-order chi connectivity index (χ0) is 14.8. The van der Waals surface area contributed by atoms with Crippen LogP contribution < -0.4 is 5.73 Å². The average Bonchev–Trinajstić information content (AvgIpc) is 2.38. The monoisotopic (exact) mass is 280 g/mol. The number of hydrogen-bond donors (Lipinski definition) is 1. The van der Waals surface area contributed by atoms with Crippen LogP contribution in [0.1, 0.15) is 27.2 Å². The minimum absolute atomic E-state index is 0.247. The van der Waals surface area contributed by atoms with Crippen molar-refractivity contribution in [3.05, 3.63) is 65.0 Å². The molecule has 1 heterocycles. The SMILES string of the molecule is NC(=O)c1cccnc1Cc1ccc(C(F)(F)F)cc1. The first kappa shape index (κ1) is 14.0. The average molecular weight is 280 g/mol. The van der Waals surface area contributed by atoms with Crippen molar-refractivity contribution in [3.63, 3.8) is 0 Å². The van der Waals surface area contributed by atoms with Crippen LogP contribution in [0.2, 0.25) is 0 Å². The number of amides is 1. The molecule has 3 nitrogen and oxygen atoms in total. The van der Waals surface area contributed by atoms with Crippen molar-refractivity contribution in [1.29, 1.82) is 0 Å². The van der Waals surface area contributed by atoms with Crippen LogP contribution in [-0.2, 0) is 12.6 Å². The molecule has 2 N–H and O–H groups in total. The fraction of sp³-hybridized carbons (Fsp3) is 0.143. The second-order valence-corrected chi connectivity index (χ2v) is 4.23. The largest absolute Gasteiger partial charge is 0.416 e. The Morgan fingerprint density at radius 3 is 2.35 bits per heavy atom. The molecule has 0 aliphatic carbocycles. The minimum Gasteiger partial charge on any atom is -0.366 e. The lowest BCUT2D eigenvalue weighted by atomic mass is 10.0. The molecule has 2 rings (SSSR count). The molecule has 0 radical (unpaired) electrons. The van der Waals surface area contributed by atoms with Gasteiger partial charge in [-0.2, -0.15) is 13.2 Å². The predicted octanol–water partition coefficient (Wildman–Crippen LogP) is 2.79. The van der Waals surface area contributed by atoms with Crippen molar-refractivity contribution < 1.29 is 18.0 Å². The number of nitrogens with two attached hydrogens (primary N) is 1. The van der Waals surface area contributed by atoms with Gasteiger partial charge >= 0.3 is 6.18 Å². The van der Waals surface area contributed by atoms with Crippen molar-refractivity contribution >= 4 is 5.91 Å². The van der Waals surface area contributed by atoms with Crippen molar-refractivity contribution in [1.82, 2.24) is 4.98 Å². The molecule has 0 saturated carbocycles. The minimum atomic E-state index is -4.36. The lowest BCUT2D eigenvalue weighted by Crippen LogP contribution is -2.15. The normalized spacial score (nSPS) is 11.3. The number of alkyl halides is 3. The number of nitrogens with zero attached hydrogens (tertiary/aromatic N) is 1. The van der Waals surface area contributed by atoms with Crippen LogP contribution in [0.25, 0.3) is 0 Å². The number of aromatic nitrogens is 1. The molecule has 6 heteroatoms. The summed E-state index contributed by atoms with van der Waals surface area (Å²) < 4.78 is 37.3. The Morgan fingerprint density at radius 1 is 1.15 bits per heavy atom. The quantitative estimate of drug-likeness (QED) is 0.939. The van der Waals surface area contributed by atoms with E-state index in [1.807, 2.05) is 0 Å². The van der Waals surface area contributed by atoms with E-state index < -0.39 is 17.6 Å². The van der Waals surface area contributed by atoms with Crippen LogP contribution in [0.5, 0.6) is 0 Å². The zero-order valence-corrected chi connectivity index (χ0v) is 10.3. The van der Waals surface area contributed by atoms with Gasteiger partial charge in [-0.1, -0.05) is 12.1 Å². The third-order valence-electron chi connectivity index (χ3n) is 2.81. The number of pyridine rings is 1. The second-order valence-electron chi connectivity index (χ2n) is 4.23. The van der Waals surface area contributed by atoms with Crippen LogP contribution in [0.15, 0.2) is 42.6 Å². The molecular weight excluding hydrogens is 269 g/mol. The Balaban J connectivity index is 2.25. The van der Waals surface area contributed by atoms with E-state index >= 15 is 0 Å². The molecule has 0 saturated heterocycles. The highest BCUT2D eigenvalue weighted by molar-refractivity contribution is 5.93. The highest BCUT2D eigenvalue weighted by atomic mass is 19.4. The third-order valence-corrected chi connectivity index (χ3v) is 2.81. The maximum atomic E-state index is 12.4. The van der Waals surface area contributed by atoms with Crippen LogP contribution in [-0.4, -0.2) is 10.9 Å². The van der Waals surface area contributed by atoms with Gasteiger partial charge in [-0.25, -0.2) is 0 Å². The van der Waals surface area contributed by atoms with E-state index in [9.17, 15) is 18.0 Å². The van der Waals surface area contributed by atoms with E-state index in [2.05, 4.69) is 4.98 Å². The lowest BCUT2D eigenvalue weighted by molar-refractivity contribution is -0.137. The van der Waals surface area contributed by atoms with Gasteiger partial charge in [0, 0.05) is 12.6 Å². The number of carbonyl (C=O) groups is 1. The summed E-state index contributed by atoms with van der Waals surface area (Å²) in [5, 5.41) is 0. The molecule has 20 heavy (non-hydrogen) atoms. The number of carbonyl (C=O) groups excluding carboxylic acids is 1. The van der Waals surface area contributed by atoms with Crippen molar-refractivity contribution in [2.75, 3.05) is 0 Å². The molecule has 104 valence electrons. The molecular formula is C14H11F3N2O. The molecule has 1 aromatic carbocycles. The molecule has 0 spiro atoms. The topological polar surface area (TPSA) is 56.0 Å². The summed E-state index contributed by atoms with van der Waals surface area (Å²) in [5.41, 5.74) is 5.85. The Hall–Kier alpha value is -2.37. The summed E-state index contributed by atoms with van der Waals surface area (Å²) in [6.45, 7) is 0. The molecule has 0 unspecified atom stereocenters. The number of benzene rings is 1. The van der Waals surface area contributed by atoms with Gasteiger partial charge < -0.3 is 5.73 Å². The van der Waals surface area contributed by atoms with Crippen LogP contribution in [0.4, 0.5) is 13.2 Å². The van der Waals surface area contributed by atoms with Crippen LogP contribution in [0, 0.1) is 0 Å². The van der Waals surface area contributed by atoms with Gasteiger partial charge in [0.2, 0.25) is 0 Å². The van der Waals surface area contributed by atoms with Gasteiger partial charge in [0.1, 0.15) is 0 Å². The number of halogens is 3. The smallest absolute Gasteiger partial charge is 0.366 e. The summed E-state index contributed by atoms with van der Waals surface area (Å²) in [7, 11) is 0. The molecule has 1 aromatic heterocycles. The number of primary amides is 1. The molecule has 2 aromatic rings. The van der Waals surface area contributed by atoms with Crippen LogP contribution in [0.3, 0.4) is 0 Å². The Bertz CT molecular complexity index is 621. The second kappa shape index (κ2) is 5.32. The molecule has 0 fully saturated rings. The van der Waals surface area contributed by atoms with E-state index in [-0.39, 0.29) is 12.0 Å². The van der Waals surface area contributed by atoms with Gasteiger partial charge in [-0.15, -0.1) is 0 Å². The van der Waals surface area contributed by atoms with Gasteiger partial charge in [0.15, 0.2) is 0 Å². The first-order chi connectivity index (χ1) is 9.38. The van der Waals surface area contributed by atoms with Gasteiger partial charge in [0.25, 0.3) is 5.91 Å². The van der Waals surface area contributed by atoms with Gasteiger partial charge in [-0.05, 0) is 29.8 Å². The predicted molar refractivity (Wildman–Crippen MR) is 67.0 cm³/mol. The summed E-state index contributed by atoms with van der Waals surface area (Å²) in [6, 6.07) is 7.85. The summed E-state index contributed by atoms with van der Waals surface area (Å²) >= 11 is 0. The van der Waals surface area contributed by atoms with E-state index in [0.29, 0.717) is 11.3 Å². The lowest BCUT2D eigenvalue weighted by Gasteiger charge is -2.08. The maximum Gasteiger partial charge on any atom is 0.416 e. The zero-order valence-electron chi connectivity index (χ0n) is 10.3. The van der Waals surface area contributed by atoms with Gasteiger partial charge in [-0.3, -0.25) is 9.78 Å². The molecule has 0 aliphatic heterocycles. The fourth-order valence-electron chi connectivity index (χ4n) is 1.81. The Morgan fingerprint density at radius 2 is 1.80 bits per heavy atom. The van der Waals surface area contributed by atoms with Crippen molar-refractivity contribution in [2.24, 2.45) is 5.73 Å². The van der Waals surface area contributed by atoms with Gasteiger partial charge in [0.05, 0.1) is 16.8 Å². The Kier molecular flexibility index (Phi) is 3.74. The van der Waals surface area contributed by atoms with E-state index in [1.54, 1.807) is 6.07 Å². The van der Waals surface area contributed by atoms with Crippen molar-refractivity contribution in [2.45, 2.75) is 12.6 Å². The summed E-state index contributed by atoms with van der Waals surface area (Å²) in [4.78, 5) is 15.3. The van der Waals surface area contributed by atoms with E-state index in [0.717, 1.165) is 12.1 Å². The first-order valence-electron chi connectivity index (χ1n) is 5.78. The summed E-state index contributed by atoms with van der Waals surface area (Å²) in [5.74, 6) is -0.611. The number of hydrogen-bond acceptors (Lipinski definition) is 2. The molecule has 0 bridgehead atoms. The molecule has 0 atom stereocenters. The van der Waals surface area contributed by atoms with E-state index in [4.69, 9.17) is 5.73 Å². The molecule has 1 amide bonds. The maximum absolute atomic E-state index is 12.4. The van der Waals surface area contributed by atoms with Crippen molar-refractivity contribution in [3.8, 4) is 0 Å². The fourth-order valence-corrected chi connectivity index (χ4v) is 1.81. The summed E-state index contributed by atoms with van der Waals surface area (Å²) in [6.07, 6.45) is -2.61.